The van der Waals surface area contributed by atoms with Gasteiger partial charge in [0.25, 0.3) is 0 Å². The maximum Gasteiger partial charge on any atom is 0.220 e. The molecule has 0 saturated heterocycles. The molecular formula is C16H16N2O3. The molecule has 0 spiro atoms. The molecule has 108 valence electrons. The molecule has 21 heavy (non-hydrogen) atoms. The van der Waals surface area contributed by atoms with Crippen molar-refractivity contribution in [2.45, 2.75) is 26.3 Å². The Bertz CT molecular complexity index is 744. The van der Waals surface area contributed by atoms with E-state index in [9.17, 15) is 4.79 Å². The Morgan fingerprint density at radius 2 is 2.24 bits per heavy atom. The maximum absolute atomic E-state index is 11.8. The highest BCUT2D eigenvalue weighted by Crippen LogP contribution is 2.17. The van der Waals surface area contributed by atoms with Crippen molar-refractivity contribution >= 4 is 17.0 Å². The fraction of sp³-hybridized carbons (Fsp3) is 0.250. The number of fused-ring (bicyclic) bond motifs is 1. The normalized spacial score (nSPS) is 10.9. The van der Waals surface area contributed by atoms with Crippen molar-refractivity contribution in [2.75, 3.05) is 0 Å². The number of oxazole rings is 1. The van der Waals surface area contributed by atoms with Crippen LogP contribution in [0, 0.1) is 6.92 Å². The van der Waals surface area contributed by atoms with Crippen LogP contribution in [-0.4, -0.2) is 10.9 Å². The smallest absolute Gasteiger partial charge is 0.220 e. The first-order valence-corrected chi connectivity index (χ1v) is 6.86. The van der Waals surface area contributed by atoms with Crippen LogP contribution < -0.4 is 5.32 Å². The van der Waals surface area contributed by atoms with Crippen LogP contribution >= 0.6 is 0 Å². The number of hydrogen-bond acceptors (Lipinski definition) is 4. The standard InChI is InChI=1S/C16H16N2O3/c1-11-18-14-9-12(4-6-15(14)21-11)5-7-16(19)17-10-13-3-2-8-20-13/h2-4,6,8-9H,5,7,10H2,1H3,(H,17,19). The van der Waals surface area contributed by atoms with E-state index in [1.54, 1.807) is 12.3 Å². The van der Waals surface area contributed by atoms with Crippen molar-refractivity contribution in [3.05, 3.63) is 53.8 Å². The molecule has 3 aromatic rings. The topological polar surface area (TPSA) is 68.3 Å². The van der Waals surface area contributed by atoms with Gasteiger partial charge in [0.2, 0.25) is 5.91 Å². The van der Waals surface area contributed by atoms with Crippen LogP contribution in [0.3, 0.4) is 0 Å². The van der Waals surface area contributed by atoms with Crippen LogP contribution in [0.1, 0.15) is 23.6 Å². The van der Waals surface area contributed by atoms with Crippen molar-refractivity contribution in [3.8, 4) is 0 Å². The van der Waals surface area contributed by atoms with Crippen LogP contribution in [0.25, 0.3) is 11.1 Å². The largest absolute Gasteiger partial charge is 0.467 e. The number of nitrogens with zero attached hydrogens (tertiary/aromatic N) is 1. The van der Waals surface area contributed by atoms with E-state index < -0.39 is 0 Å². The Balaban J connectivity index is 1.54. The number of hydrogen-bond donors (Lipinski definition) is 1. The monoisotopic (exact) mass is 284 g/mol. The van der Waals surface area contributed by atoms with Crippen molar-refractivity contribution < 1.29 is 13.6 Å². The zero-order valence-electron chi connectivity index (χ0n) is 11.8. The molecule has 1 amide bonds. The number of furan rings is 1. The summed E-state index contributed by atoms with van der Waals surface area (Å²) < 4.78 is 10.6. The van der Waals surface area contributed by atoms with E-state index in [2.05, 4.69) is 10.3 Å². The number of rotatable bonds is 5. The van der Waals surface area contributed by atoms with Gasteiger partial charge in [-0.3, -0.25) is 4.79 Å². The fourth-order valence-corrected chi connectivity index (χ4v) is 2.19. The molecule has 0 aliphatic heterocycles. The second-order valence-corrected chi connectivity index (χ2v) is 4.89. The minimum Gasteiger partial charge on any atom is -0.467 e. The Morgan fingerprint density at radius 1 is 1.33 bits per heavy atom. The minimum absolute atomic E-state index is 0.00262. The van der Waals surface area contributed by atoms with E-state index in [0.29, 0.717) is 25.3 Å². The molecule has 0 radical (unpaired) electrons. The van der Waals surface area contributed by atoms with Crippen molar-refractivity contribution in [1.29, 1.82) is 0 Å². The molecule has 0 atom stereocenters. The van der Waals surface area contributed by atoms with Gasteiger partial charge < -0.3 is 14.2 Å². The molecule has 5 nitrogen and oxygen atoms in total. The van der Waals surface area contributed by atoms with E-state index in [4.69, 9.17) is 8.83 Å². The van der Waals surface area contributed by atoms with Gasteiger partial charge in [0.05, 0.1) is 12.8 Å². The SMILES string of the molecule is Cc1nc2cc(CCC(=O)NCc3ccco3)ccc2o1. The zero-order valence-corrected chi connectivity index (χ0v) is 11.8. The molecule has 3 rings (SSSR count). The number of aromatic nitrogens is 1. The van der Waals surface area contributed by atoms with Gasteiger partial charge in [0.15, 0.2) is 11.5 Å². The van der Waals surface area contributed by atoms with Gasteiger partial charge in [-0.1, -0.05) is 6.07 Å². The maximum atomic E-state index is 11.8. The summed E-state index contributed by atoms with van der Waals surface area (Å²) in [5.74, 6) is 1.41. The molecule has 0 saturated carbocycles. The Kier molecular flexibility index (Phi) is 3.73. The number of amides is 1. The van der Waals surface area contributed by atoms with Crippen LogP contribution in [0.5, 0.6) is 0 Å². The molecule has 0 fully saturated rings. The van der Waals surface area contributed by atoms with Gasteiger partial charge in [0.1, 0.15) is 11.3 Å². The summed E-state index contributed by atoms with van der Waals surface area (Å²) in [5, 5.41) is 2.83. The minimum atomic E-state index is 0.00262. The summed E-state index contributed by atoms with van der Waals surface area (Å²) in [5.41, 5.74) is 2.68. The van der Waals surface area contributed by atoms with Gasteiger partial charge in [0, 0.05) is 13.3 Å². The lowest BCUT2D eigenvalue weighted by Gasteiger charge is -2.03. The molecule has 0 bridgehead atoms. The highest BCUT2D eigenvalue weighted by molar-refractivity contribution is 5.77. The molecule has 1 aromatic carbocycles. The predicted octanol–water partition coefficient (Wildman–Crippen LogP) is 2.98. The number of aryl methyl sites for hydroxylation is 2. The summed E-state index contributed by atoms with van der Waals surface area (Å²) in [4.78, 5) is 16.1. The van der Waals surface area contributed by atoms with E-state index in [0.717, 1.165) is 22.4 Å². The zero-order chi connectivity index (χ0) is 14.7. The molecule has 2 aromatic heterocycles. The summed E-state index contributed by atoms with van der Waals surface area (Å²) in [7, 11) is 0. The van der Waals surface area contributed by atoms with E-state index in [1.807, 2.05) is 31.2 Å². The van der Waals surface area contributed by atoms with Crippen LogP contribution in [0.4, 0.5) is 0 Å². The Hall–Kier alpha value is -2.56. The lowest BCUT2D eigenvalue weighted by molar-refractivity contribution is -0.121. The summed E-state index contributed by atoms with van der Waals surface area (Å²) in [6.45, 7) is 2.25. The van der Waals surface area contributed by atoms with Gasteiger partial charge in [-0.05, 0) is 36.2 Å². The number of carbonyl (C=O) groups is 1. The molecule has 1 N–H and O–H groups in total. The lowest BCUT2D eigenvalue weighted by atomic mass is 10.1. The Morgan fingerprint density at radius 3 is 3.05 bits per heavy atom. The highest BCUT2D eigenvalue weighted by atomic mass is 16.3. The molecule has 5 heteroatoms. The van der Waals surface area contributed by atoms with E-state index >= 15 is 0 Å². The van der Waals surface area contributed by atoms with Crippen LogP contribution in [-0.2, 0) is 17.8 Å². The Labute approximate surface area is 122 Å². The average Bonchev–Trinajstić information content (AvgIpc) is 3.10. The van der Waals surface area contributed by atoms with Crippen molar-refractivity contribution in [2.24, 2.45) is 0 Å². The average molecular weight is 284 g/mol. The summed E-state index contributed by atoms with van der Waals surface area (Å²) in [6.07, 6.45) is 2.70. The highest BCUT2D eigenvalue weighted by Gasteiger charge is 2.06. The van der Waals surface area contributed by atoms with Crippen LogP contribution in [0.15, 0.2) is 45.4 Å². The molecule has 0 aliphatic rings. The van der Waals surface area contributed by atoms with Gasteiger partial charge in [-0.25, -0.2) is 4.98 Å². The molecule has 0 aliphatic carbocycles. The lowest BCUT2D eigenvalue weighted by Crippen LogP contribution is -2.22. The fourth-order valence-electron chi connectivity index (χ4n) is 2.19. The number of nitrogens with one attached hydrogen (secondary N) is 1. The third-order valence-corrected chi connectivity index (χ3v) is 3.24. The quantitative estimate of drug-likeness (QED) is 0.782. The number of carbonyl (C=O) groups excluding carboxylic acids is 1. The first kappa shape index (κ1) is 13.4. The van der Waals surface area contributed by atoms with Gasteiger partial charge >= 0.3 is 0 Å². The predicted molar refractivity (Wildman–Crippen MR) is 77.6 cm³/mol. The first-order valence-electron chi connectivity index (χ1n) is 6.86. The van der Waals surface area contributed by atoms with Crippen LogP contribution in [0.2, 0.25) is 0 Å². The van der Waals surface area contributed by atoms with Gasteiger partial charge in [-0.2, -0.15) is 0 Å². The second-order valence-electron chi connectivity index (χ2n) is 4.89. The van der Waals surface area contributed by atoms with E-state index in [-0.39, 0.29) is 5.91 Å². The van der Waals surface area contributed by atoms with Crippen molar-refractivity contribution in [1.82, 2.24) is 10.3 Å². The summed E-state index contributed by atoms with van der Waals surface area (Å²) in [6, 6.07) is 9.46. The van der Waals surface area contributed by atoms with E-state index in [1.165, 1.54) is 0 Å². The van der Waals surface area contributed by atoms with Crippen molar-refractivity contribution in [3.63, 3.8) is 0 Å². The molecular weight excluding hydrogens is 268 g/mol. The first-order chi connectivity index (χ1) is 10.2. The third-order valence-electron chi connectivity index (χ3n) is 3.24. The third kappa shape index (κ3) is 3.31. The molecule has 0 unspecified atom stereocenters. The van der Waals surface area contributed by atoms with Gasteiger partial charge in [-0.15, -0.1) is 0 Å². The summed E-state index contributed by atoms with van der Waals surface area (Å²) >= 11 is 0. The second kappa shape index (κ2) is 5.83. The molecule has 2 heterocycles. The number of benzene rings is 1.